The van der Waals surface area contributed by atoms with Gasteiger partial charge < -0.3 is 10.4 Å². The van der Waals surface area contributed by atoms with Gasteiger partial charge in [0.15, 0.2) is 0 Å². The lowest BCUT2D eigenvalue weighted by atomic mass is 9.76. The average Bonchev–Trinajstić information content (AvgIpc) is 3.02. The lowest BCUT2D eigenvalue weighted by Crippen LogP contribution is -2.46. The molecule has 4 heteroatoms. The van der Waals surface area contributed by atoms with Crippen LogP contribution in [0.2, 0.25) is 0 Å². The first kappa shape index (κ1) is 16.9. The number of rotatable bonds is 5. The Labute approximate surface area is 131 Å². The molecule has 1 fully saturated rings. The van der Waals surface area contributed by atoms with Gasteiger partial charge in [-0.2, -0.15) is 0 Å². The predicted octanol–water partition coefficient (Wildman–Crippen LogP) is 3.58. The van der Waals surface area contributed by atoms with Gasteiger partial charge in [0, 0.05) is 5.41 Å². The number of nitrogens with one attached hydrogen (secondary N) is 1. The van der Waals surface area contributed by atoms with E-state index in [1.165, 1.54) is 25.0 Å². The van der Waals surface area contributed by atoms with Crippen molar-refractivity contribution in [1.82, 2.24) is 5.32 Å². The number of aliphatic hydroxyl groups is 1. The van der Waals surface area contributed by atoms with Crippen molar-refractivity contribution in [3.05, 3.63) is 35.6 Å². The van der Waals surface area contributed by atoms with Gasteiger partial charge in [-0.25, -0.2) is 4.39 Å². The van der Waals surface area contributed by atoms with E-state index < -0.39 is 17.6 Å². The molecule has 1 saturated carbocycles. The van der Waals surface area contributed by atoms with Crippen molar-refractivity contribution in [3.63, 3.8) is 0 Å². The molecule has 3 nitrogen and oxygen atoms in total. The number of amides is 1. The van der Waals surface area contributed by atoms with E-state index in [0.29, 0.717) is 11.5 Å². The molecule has 1 aliphatic carbocycles. The van der Waals surface area contributed by atoms with Crippen LogP contribution in [-0.2, 0) is 4.79 Å². The number of aliphatic hydroxyl groups excluding tert-OH is 1. The van der Waals surface area contributed by atoms with Crippen molar-refractivity contribution in [1.29, 1.82) is 0 Å². The summed E-state index contributed by atoms with van der Waals surface area (Å²) in [4.78, 5) is 12.6. The minimum absolute atomic E-state index is 0.0203. The van der Waals surface area contributed by atoms with E-state index in [9.17, 15) is 14.3 Å². The highest BCUT2D eigenvalue weighted by molar-refractivity contribution is 5.82. The monoisotopic (exact) mass is 307 g/mol. The molecule has 0 aromatic heterocycles. The summed E-state index contributed by atoms with van der Waals surface area (Å²) in [5.41, 5.74) is 0.181. The van der Waals surface area contributed by atoms with E-state index in [1.807, 2.05) is 13.8 Å². The minimum atomic E-state index is -0.844. The van der Waals surface area contributed by atoms with Gasteiger partial charge in [-0.1, -0.05) is 38.8 Å². The molecule has 1 aromatic carbocycles. The van der Waals surface area contributed by atoms with E-state index in [-0.39, 0.29) is 11.7 Å². The number of benzene rings is 1. The first-order valence-electron chi connectivity index (χ1n) is 8.07. The second kappa shape index (κ2) is 6.78. The Morgan fingerprint density at radius 1 is 1.27 bits per heavy atom. The summed E-state index contributed by atoms with van der Waals surface area (Å²) < 4.78 is 12.9. The molecule has 2 atom stereocenters. The lowest BCUT2D eigenvalue weighted by molar-refractivity contribution is -0.133. The van der Waals surface area contributed by atoms with Crippen LogP contribution in [0.25, 0.3) is 0 Å². The summed E-state index contributed by atoms with van der Waals surface area (Å²) in [7, 11) is 0. The van der Waals surface area contributed by atoms with Crippen LogP contribution in [0.15, 0.2) is 24.3 Å². The van der Waals surface area contributed by atoms with E-state index >= 15 is 0 Å². The van der Waals surface area contributed by atoms with Crippen LogP contribution in [-0.4, -0.2) is 17.1 Å². The maximum atomic E-state index is 12.9. The number of carbonyl (C=O) groups is 1. The Balaban J connectivity index is 1.99. The van der Waals surface area contributed by atoms with E-state index in [2.05, 4.69) is 5.32 Å². The highest BCUT2D eigenvalue weighted by atomic mass is 19.1. The van der Waals surface area contributed by atoms with Crippen LogP contribution in [0.4, 0.5) is 4.39 Å². The molecule has 0 radical (unpaired) electrons. The zero-order valence-electron chi connectivity index (χ0n) is 13.6. The second-order valence-electron chi connectivity index (χ2n) is 6.96. The number of carbonyl (C=O) groups excluding carboxylic acids is 1. The molecule has 1 aromatic rings. The average molecular weight is 307 g/mol. The van der Waals surface area contributed by atoms with Gasteiger partial charge in [-0.05, 0) is 43.4 Å². The fourth-order valence-electron chi connectivity index (χ4n) is 3.25. The molecule has 0 bridgehead atoms. The van der Waals surface area contributed by atoms with Crippen molar-refractivity contribution in [2.24, 2.45) is 11.3 Å². The van der Waals surface area contributed by atoms with Gasteiger partial charge in [0.1, 0.15) is 5.82 Å². The summed E-state index contributed by atoms with van der Waals surface area (Å²) >= 11 is 0. The molecule has 0 aliphatic heterocycles. The number of hydrogen-bond acceptors (Lipinski definition) is 2. The number of halogens is 1. The fourth-order valence-corrected chi connectivity index (χ4v) is 3.25. The molecule has 2 N–H and O–H groups in total. The normalized spacial score (nSPS) is 19.0. The Kier molecular flexibility index (Phi) is 5.22. The van der Waals surface area contributed by atoms with Gasteiger partial charge in [-0.3, -0.25) is 4.79 Å². The molecule has 0 spiro atoms. The summed E-state index contributed by atoms with van der Waals surface area (Å²) in [6.45, 7) is 5.74. The van der Waals surface area contributed by atoms with Gasteiger partial charge in [0.2, 0.25) is 5.91 Å². The summed E-state index contributed by atoms with van der Waals surface area (Å²) in [5.74, 6) is 0.0470. The molecule has 1 aliphatic rings. The molecule has 2 rings (SSSR count). The second-order valence-corrected chi connectivity index (χ2v) is 6.96. The maximum Gasteiger partial charge on any atom is 0.226 e. The SMILES string of the molecule is CC(NC(=O)C(C)(C)C1CCCC1)C(O)c1ccc(F)cc1. The van der Waals surface area contributed by atoms with E-state index in [0.717, 1.165) is 12.8 Å². The first-order valence-corrected chi connectivity index (χ1v) is 8.07. The summed E-state index contributed by atoms with van der Waals surface area (Å²) in [6, 6.07) is 5.30. The van der Waals surface area contributed by atoms with Crippen molar-refractivity contribution < 1.29 is 14.3 Å². The highest BCUT2D eigenvalue weighted by Crippen LogP contribution is 2.39. The van der Waals surface area contributed by atoms with Gasteiger partial charge in [0.05, 0.1) is 12.1 Å². The van der Waals surface area contributed by atoms with Crippen LogP contribution in [0.1, 0.15) is 58.1 Å². The topological polar surface area (TPSA) is 49.3 Å². The molecule has 122 valence electrons. The van der Waals surface area contributed by atoms with Crippen LogP contribution in [0.3, 0.4) is 0 Å². The van der Waals surface area contributed by atoms with Crippen LogP contribution in [0, 0.1) is 17.2 Å². The molecule has 1 amide bonds. The molecule has 0 heterocycles. The lowest BCUT2D eigenvalue weighted by Gasteiger charge is -2.32. The van der Waals surface area contributed by atoms with Crippen molar-refractivity contribution in [2.45, 2.75) is 58.6 Å². The third-order valence-electron chi connectivity index (χ3n) is 5.00. The van der Waals surface area contributed by atoms with Gasteiger partial charge in [0.25, 0.3) is 0 Å². The fraction of sp³-hybridized carbons (Fsp3) is 0.611. The largest absolute Gasteiger partial charge is 0.386 e. The summed E-state index contributed by atoms with van der Waals surface area (Å²) in [5, 5.41) is 13.2. The van der Waals surface area contributed by atoms with Crippen LogP contribution in [0.5, 0.6) is 0 Å². The Morgan fingerprint density at radius 2 is 1.82 bits per heavy atom. The van der Waals surface area contributed by atoms with E-state index in [1.54, 1.807) is 19.1 Å². The third-order valence-corrected chi connectivity index (χ3v) is 5.00. The molecule has 0 saturated heterocycles. The quantitative estimate of drug-likeness (QED) is 0.873. The van der Waals surface area contributed by atoms with Crippen molar-refractivity contribution in [3.8, 4) is 0 Å². The summed E-state index contributed by atoms with van der Waals surface area (Å²) in [6.07, 6.45) is 3.72. The smallest absolute Gasteiger partial charge is 0.226 e. The molecule has 2 unspecified atom stereocenters. The Morgan fingerprint density at radius 3 is 2.36 bits per heavy atom. The molecule has 22 heavy (non-hydrogen) atoms. The zero-order chi connectivity index (χ0) is 16.3. The Hall–Kier alpha value is -1.42. The van der Waals surface area contributed by atoms with Gasteiger partial charge >= 0.3 is 0 Å². The molecular formula is C18H26FNO2. The Bertz CT molecular complexity index is 506. The minimum Gasteiger partial charge on any atom is -0.386 e. The standard InChI is InChI=1S/C18H26FNO2/c1-12(16(21)13-8-10-15(19)11-9-13)20-17(22)18(2,3)14-6-4-5-7-14/h8-12,14,16,21H,4-7H2,1-3H3,(H,20,22). The van der Waals surface area contributed by atoms with Gasteiger partial charge in [-0.15, -0.1) is 0 Å². The molecular weight excluding hydrogens is 281 g/mol. The number of hydrogen-bond donors (Lipinski definition) is 2. The zero-order valence-corrected chi connectivity index (χ0v) is 13.6. The van der Waals surface area contributed by atoms with Crippen molar-refractivity contribution >= 4 is 5.91 Å². The highest BCUT2D eigenvalue weighted by Gasteiger charge is 2.39. The van der Waals surface area contributed by atoms with Crippen LogP contribution < -0.4 is 5.32 Å². The van der Waals surface area contributed by atoms with E-state index in [4.69, 9.17) is 0 Å². The predicted molar refractivity (Wildman–Crippen MR) is 84.7 cm³/mol. The van der Waals surface area contributed by atoms with Crippen molar-refractivity contribution in [2.75, 3.05) is 0 Å². The maximum absolute atomic E-state index is 12.9. The first-order chi connectivity index (χ1) is 10.3. The third kappa shape index (κ3) is 3.67. The van der Waals surface area contributed by atoms with Crippen LogP contribution >= 0.6 is 0 Å².